The molecule has 0 atom stereocenters. The van der Waals surface area contributed by atoms with Gasteiger partial charge < -0.3 is 10.1 Å². The van der Waals surface area contributed by atoms with Gasteiger partial charge in [0.25, 0.3) is 0 Å². The van der Waals surface area contributed by atoms with Gasteiger partial charge in [-0.2, -0.15) is 5.26 Å². The lowest BCUT2D eigenvalue weighted by Gasteiger charge is -2.06. The van der Waals surface area contributed by atoms with Crippen LogP contribution in [-0.2, 0) is 9.84 Å². The largest absolute Gasteiger partial charge is 0.497 e. The zero-order valence-corrected chi connectivity index (χ0v) is 13.0. The summed E-state index contributed by atoms with van der Waals surface area (Å²) in [4.78, 5) is -0.577. The van der Waals surface area contributed by atoms with Gasteiger partial charge in [0, 0.05) is 6.20 Å². The highest BCUT2D eigenvalue weighted by Crippen LogP contribution is 2.22. The molecule has 7 heteroatoms. The van der Waals surface area contributed by atoms with Crippen LogP contribution in [0.2, 0.25) is 0 Å². The van der Waals surface area contributed by atoms with Crippen LogP contribution >= 0.6 is 0 Å². The molecule has 0 fully saturated rings. The number of anilines is 1. The van der Waals surface area contributed by atoms with Crippen LogP contribution in [0.5, 0.6) is 5.75 Å². The molecule has 0 unspecified atom stereocenters. The van der Waals surface area contributed by atoms with Gasteiger partial charge in [-0.05, 0) is 36.4 Å². The number of allylic oxidation sites excluding steroid dienone is 1. The van der Waals surface area contributed by atoms with Crippen LogP contribution < -0.4 is 10.1 Å². The number of sulfone groups is 1. The highest BCUT2D eigenvalue weighted by Gasteiger charge is 2.21. The summed E-state index contributed by atoms with van der Waals surface area (Å²) in [5.74, 6) is -0.0567. The first-order valence-corrected chi connectivity index (χ1v) is 7.98. The second-order valence-electron chi connectivity index (χ2n) is 4.42. The molecule has 0 spiro atoms. The molecule has 23 heavy (non-hydrogen) atoms. The molecule has 2 aromatic carbocycles. The number of nitriles is 1. The van der Waals surface area contributed by atoms with Gasteiger partial charge in [-0.15, -0.1) is 0 Å². The first-order valence-electron chi connectivity index (χ1n) is 6.49. The van der Waals surface area contributed by atoms with Crippen LogP contribution in [0, 0.1) is 17.1 Å². The van der Waals surface area contributed by atoms with Crippen molar-refractivity contribution in [1.82, 2.24) is 0 Å². The van der Waals surface area contributed by atoms with E-state index in [0.29, 0.717) is 5.75 Å². The zero-order valence-electron chi connectivity index (χ0n) is 12.2. The molecular formula is C16H13FN2O3S. The topological polar surface area (TPSA) is 79.2 Å². The summed E-state index contributed by atoms with van der Waals surface area (Å²) in [7, 11) is -2.54. The third-order valence-electron chi connectivity index (χ3n) is 3.00. The van der Waals surface area contributed by atoms with Gasteiger partial charge in [0.1, 0.15) is 17.6 Å². The lowest BCUT2D eigenvalue weighted by Crippen LogP contribution is -2.06. The molecule has 0 aliphatic rings. The van der Waals surface area contributed by atoms with Crippen molar-refractivity contribution in [3.05, 3.63) is 65.5 Å². The predicted molar refractivity (Wildman–Crippen MR) is 83.9 cm³/mol. The Morgan fingerprint density at radius 2 is 1.87 bits per heavy atom. The molecule has 0 saturated heterocycles. The van der Waals surface area contributed by atoms with E-state index in [4.69, 9.17) is 10.00 Å². The number of para-hydroxylation sites is 1. The van der Waals surface area contributed by atoms with Gasteiger partial charge in [-0.3, -0.25) is 0 Å². The number of hydrogen-bond acceptors (Lipinski definition) is 5. The molecule has 0 saturated carbocycles. The predicted octanol–water partition coefficient (Wildman–Crippen LogP) is 3.09. The summed E-state index contributed by atoms with van der Waals surface area (Å²) in [5.41, 5.74) is 0.0742. The molecule has 5 nitrogen and oxygen atoms in total. The van der Waals surface area contributed by atoms with E-state index >= 15 is 0 Å². The summed E-state index contributed by atoms with van der Waals surface area (Å²) in [5, 5.41) is 11.6. The van der Waals surface area contributed by atoms with Crippen molar-refractivity contribution in [2.75, 3.05) is 12.4 Å². The monoisotopic (exact) mass is 332 g/mol. The fraction of sp³-hybridized carbons (Fsp3) is 0.0625. The Bertz CT molecular complexity index is 869. The van der Waals surface area contributed by atoms with E-state index in [0.717, 1.165) is 6.20 Å². The van der Waals surface area contributed by atoms with Crippen molar-refractivity contribution >= 4 is 15.5 Å². The molecule has 0 aromatic heterocycles. The molecule has 0 heterocycles. The molecule has 0 radical (unpaired) electrons. The second kappa shape index (κ2) is 6.94. The van der Waals surface area contributed by atoms with Crippen LogP contribution in [0.4, 0.5) is 10.1 Å². The van der Waals surface area contributed by atoms with E-state index in [9.17, 15) is 12.8 Å². The molecule has 2 rings (SSSR count). The number of nitrogens with one attached hydrogen (secondary N) is 1. The number of rotatable bonds is 5. The minimum absolute atomic E-state index is 0.0542. The summed E-state index contributed by atoms with van der Waals surface area (Å²) < 4.78 is 43.3. The molecule has 0 aliphatic heterocycles. The number of halogens is 1. The average Bonchev–Trinajstić information content (AvgIpc) is 2.57. The SMILES string of the molecule is COc1ccc(S(=O)(=O)/C(C#N)=C/Nc2ccccc2F)cc1. The van der Waals surface area contributed by atoms with Crippen LogP contribution in [0.25, 0.3) is 0 Å². The average molecular weight is 332 g/mol. The molecule has 0 bridgehead atoms. The molecule has 2 aromatic rings. The maximum atomic E-state index is 13.5. The fourth-order valence-corrected chi connectivity index (χ4v) is 2.86. The highest BCUT2D eigenvalue weighted by molar-refractivity contribution is 7.95. The van der Waals surface area contributed by atoms with E-state index in [1.165, 1.54) is 49.6 Å². The summed E-state index contributed by atoms with van der Waals surface area (Å²) >= 11 is 0. The number of hydrogen-bond donors (Lipinski definition) is 1. The number of methoxy groups -OCH3 is 1. The smallest absolute Gasteiger partial charge is 0.218 e. The first-order chi connectivity index (χ1) is 11.0. The summed E-state index contributed by atoms with van der Waals surface area (Å²) in [6.45, 7) is 0. The quantitative estimate of drug-likeness (QED) is 0.851. The van der Waals surface area contributed by atoms with Gasteiger partial charge >= 0.3 is 0 Å². The van der Waals surface area contributed by atoms with Crippen LogP contribution in [-0.4, -0.2) is 15.5 Å². The molecule has 0 amide bonds. The minimum atomic E-state index is -4.00. The second-order valence-corrected chi connectivity index (χ2v) is 6.34. The molecular weight excluding hydrogens is 319 g/mol. The summed E-state index contributed by atoms with van der Waals surface area (Å²) in [6.07, 6.45) is 0.970. The Kier molecular flexibility index (Phi) is 4.98. The Labute approximate surface area is 133 Å². The van der Waals surface area contributed by atoms with Crippen molar-refractivity contribution in [1.29, 1.82) is 5.26 Å². The van der Waals surface area contributed by atoms with Crippen molar-refractivity contribution < 1.29 is 17.5 Å². The Morgan fingerprint density at radius 1 is 1.22 bits per heavy atom. The van der Waals surface area contributed by atoms with Gasteiger partial charge in [-0.25, -0.2) is 12.8 Å². The molecule has 118 valence electrons. The van der Waals surface area contributed by atoms with E-state index in [1.807, 2.05) is 0 Å². The fourth-order valence-electron chi connectivity index (χ4n) is 1.77. The third kappa shape index (κ3) is 3.67. The lowest BCUT2D eigenvalue weighted by molar-refractivity contribution is 0.414. The number of ether oxygens (including phenoxy) is 1. The minimum Gasteiger partial charge on any atom is -0.497 e. The Hall–Kier alpha value is -2.85. The van der Waals surface area contributed by atoms with Crippen LogP contribution in [0.1, 0.15) is 0 Å². The molecule has 0 aliphatic carbocycles. The van der Waals surface area contributed by atoms with Crippen molar-refractivity contribution in [2.24, 2.45) is 0 Å². The van der Waals surface area contributed by atoms with Crippen LogP contribution in [0.15, 0.2) is 64.5 Å². The van der Waals surface area contributed by atoms with Gasteiger partial charge in [0.05, 0.1) is 17.7 Å². The first kappa shape index (κ1) is 16.5. The summed E-state index contributed by atoms with van der Waals surface area (Å²) in [6, 6.07) is 13.0. The van der Waals surface area contributed by atoms with Gasteiger partial charge in [-0.1, -0.05) is 12.1 Å². The maximum absolute atomic E-state index is 13.5. The maximum Gasteiger partial charge on any atom is 0.218 e. The van der Waals surface area contributed by atoms with E-state index in [1.54, 1.807) is 12.1 Å². The lowest BCUT2D eigenvalue weighted by atomic mass is 10.3. The number of nitrogens with zero attached hydrogens (tertiary/aromatic N) is 1. The third-order valence-corrected chi connectivity index (χ3v) is 4.68. The Morgan fingerprint density at radius 3 is 2.43 bits per heavy atom. The number of benzene rings is 2. The van der Waals surface area contributed by atoms with E-state index in [-0.39, 0.29) is 10.6 Å². The standard InChI is InChI=1S/C16H13FN2O3S/c1-22-12-6-8-13(9-7-12)23(20,21)14(10-18)11-19-16-5-3-2-4-15(16)17/h2-9,11,19H,1H3/b14-11+. The van der Waals surface area contributed by atoms with Gasteiger partial charge in [0.2, 0.25) is 9.84 Å². The van der Waals surface area contributed by atoms with Crippen LogP contribution in [0.3, 0.4) is 0 Å². The highest BCUT2D eigenvalue weighted by atomic mass is 32.2. The van der Waals surface area contributed by atoms with E-state index in [2.05, 4.69) is 5.32 Å². The molecule has 1 N–H and O–H groups in total. The van der Waals surface area contributed by atoms with Crippen molar-refractivity contribution in [2.45, 2.75) is 4.90 Å². The van der Waals surface area contributed by atoms with E-state index < -0.39 is 20.6 Å². The van der Waals surface area contributed by atoms with Gasteiger partial charge in [0.15, 0.2) is 4.91 Å². The van der Waals surface area contributed by atoms with Crippen molar-refractivity contribution in [3.63, 3.8) is 0 Å². The van der Waals surface area contributed by atoms with Crippen molar-refractivity contribution in [3.8, 4) is 11.8 Å². The zero-order chi connectivity index (χ0) is 16.9. The normalized spacial score (nSPS) is 11.6. The Balaban J connectivity index is 2.33.